The number of hydrogen-bond donors (Lipinski definition) is 2. The molecule has 1 unspecified atom stereocenters. The zero-order valence-electron chi connectivity index (χ0n) is 18.1. The second-order valence-corrected chi connectivity index (χ2v) is 8.82. The molecule has 1 aliphatic carbocycles. The first-order valence-corrected chi connectivity index (χ1v) is 11.5. The van der Waals surface area contributed by atoms with Crippen molar-refractivity contribution in [1.82, 2.24) is 25.3 Å². The molecule has 30 heavy (non-hydrogen) atoms. The Labute approximate surface area is 179 Å². The summed E-state index contributed by atoms with van der Waals surface area (Å²) < 4.78 is 0. The minimum absolute atomic E-state index is 0.00859. The average Bonchev–Trinajstić information content (AvgIpc) is 3.44. The summed E-state index contributed by atoms with van der Waals surface area (Å²) in [4.78, 5) is 31.7. The van der Waals surface area contributed by atoms with Crippen LogP contribution in [0.25, 0.3) is 0 Å². The van der Waals surface area contributed by atoms with Gasteiger partial charge in [0.25, 0.3) is 0 Å². The molecule has 3 amide bonds. The molecule has 0 aromatic heterocycles. The van der Waals surface area contributed by atoms with Gasteiger partial charge in [0.15, 0.2) is 0 Å². The molecule has 164 valence electrons. The molecule has 1 aromatic carbocycles. The van der Waals surface area contributed by atoms with Gasteiger partial charge in [0.1, 0.15) is 6.04 Å². The maximum Gasteiger partial charge on any atom is 0.318 e. The van der Waals surface area contributed by atoms with Gasteiger partial charge in [-0.3, -0.25) is 9.69 Å². The largest absolute Gasteiger partial charge is 0.352 e. The van der Waals surface area contributed by atoms with Crippen LogP contribution in [0.15, 0.2) is 24.3 Å². The van der Waals surface area contributed by atoms with Crippen molar-refractivity contribution in [1.29, 1.82) is 0 Å². The van der Waals surface area contributed by atoms with Crippen LogP contribution in [0.5, 0.6) is 0 Å². The second-order valence-electron chi connectivity index (χ2n) is 8.82. The summed E-state index contributed by atoms with van der Waals surface area (Å²) in [6.45, 7) is 10.0. The van der Waals surface area contributed by atoms with E-state index in [0.29, 0.717) is 19.1 Å². The summed E-state index contributed by atoms with van der Waals surface area (Å²) in [5.74, 6) is 0.00859. The maximum atomic E-state index is 12.6. The van der Waals surface area contributed by atoms with Crippen molar-refractivity contribution in [2.45, 2.75) is 57.8 Å². The van der Waals surface area contributed by atoms with Gasteiger partial charge in [-0.15, -0.1) is 0 Å². The number of rotatable bonds is 7. The van der Waals surface area contributed by atoms with E-state index in [1.54, 1.807) is 4.90 Å². The Kier molecular flexibility index (Phi) is 6.89. The summed E-state index contributed by atoms with van der Waals surface area (Å²) in [5, 5.41) is 6.03. The first-order valence-electron chi connectivity index (χ1n) is 11.5. The highest BCUT2D eigenvalue weighted by atomic mass is 16.2. The zero-order chi connectivity index (χ0) is 20.9. The Morgan fingerprint density at radius 3 is 2.27 bits per heavy atom. The highest BCUT2D eigenvalue weighted by Gasteiger charge is 2.36. The topological polar surface area (TPSA) is 67.9 Å². The van der Waals surface area contributed by atoms with Gasteiger partial charge in [0, 0.05) is 51.9 Å². The van der Waals surface area contributed by atoms with E-state index in [4.69, 9.17) is 0 Å². The molecule has 2 aliphatic heterocycles. The third-order valence-electron chi connectivity index (χ3n) is 6.53. The highest BCUT2D eigenvalue weighted by molar-refractivity contribution is 5.88. The van der Waals surface area contributed by atoms with Crippen LogP contribution >= 0.6 is 0 Å². The predicted molar refractivity (Wildman–Crippen MR) is 117 cm³/mol. The molecule has 2 heterocycles. The summed E-state index contributed by atoms with van der Waals surface area (Å²) in [7, 11) is 0. The van der Waals surface area contributed by atoms with Gasteiger partial charge < -0.3 is 20.4 Å². The summed E-state index contributed by atoms with van der Waals surface area (Å²) in [5.41, 5.74) is 2.40. The van der Waals surface area contributed by atoms with E-state index in [1.807, 2.05) is 0 Å². The van der Waals surface area contributed by atoms with Crippen LogP contribution in [0.4, 0.5) is 4.79 Å². The van der Waals surface area contributed by atoms with Crippen molar-refractivity contribution < 1.29 is 9.59 Å². The Bertz CT molecular complexity index is 726. The second kappa shape index (κ2) is 9.79. The van der Waals surface area contributed by atoms with Gasteiger partial charge in [-0.25, -0.2) is 4.79 Å². The third kappa shape index (κ3) is 5.52. The van der Waals surface area contributed by atoms with E-state index in [9.17, 15) is 9.59 Å². The van der Waals surface area contributed by atoms with Gasteiger partial charge in [0.05, 0.1) is 0 Å². The number of nitrogens with zero attached hydrogens (tertiary/aromatic N) is 3. The van der Waals surface area contributed by atoms with E-state index in [-0.39, 0.29) is 18.0 Å². The van der Waals surface area contributed by atoms with E-state index >= 15 is 0 Å². The molecule has 3 fully saturated rings. The lowest BCUT2D eigenvalue weighted by Gasteiger charge is -2.34. The first-order chi connectivity index (χ1) is 14.6. The molecule has 7 heteroatoms. The van der Waals surface area contributed by atoms with Crippen LogP contribution in [-0.2, 0) is 17.9 Å². The monoisotopic (exact) mass is 413 g/mol. The fourth-order valence-electron chi connectivity index (χ4n) is 4.37. The summed E-state index contributed by atoms with van der Waals surface area (Å²) in [6, 6.07) is 8.39. The van der Waals surface area contributed by atoms with Crippen molar-refractivity contribution in [2.75, 3.05) is 39.3 Å². The molecule has 7 nitrogen and oxygen atoms in total. The molecule has 3 aliphatic rings. The van der Waals surface area contributed by atoms with E-state index in [0.717, 1.165) is 70.5 Å². The fourth-order valence-corrected chi connectivity index (χ4v) is 4.37. The molecule has 0 bridgehead atoms. The number of hydrogen-bond acceptors (Lipinski definition) is 4. The number of nitrogens with one attached hydrogen (secondary N) is 2. The van der Waals surface area contributed by atoms with Gasteiger partial charge >= 0.3 is 6.03 Å². The normalized spacial score (nSPS) is 22.8. The van der Waals surface area contributed by atoms with Crippen LogP contribution in [0.2, 0.25) is 0 Å². The molecular formula is C23H35N5O2. The molecule has 2 saturated heterocycles. The highest BCUT2D eigenvalue weighted by Crippen LogP contribution is 2.22. The average molecular weight is 414 g/mol. The molecule has 1 saturated carbocycles. The molecule has 4 rings (SSSR count). The third-order valence-corrected chi connectivity index (χ3v) is 6.53. The minimum Gasteiger partial charge on any atom is -0.352 e. The van der Waals surface area contributed by atoms with Crippen LogP contribution < -0.4 is 10.6 Å². The fraction of sp³-hybridized carbons (Fsp3) is 0.652. The lowest BCUT2D eigenvalue weighted by molar-refractivity contribution is -0.124. The molecule has 2 N–H and O–H groups in total. The van der Waals surface area contributed by atoms with Crippen molar-refractivity contribution >= 4 is 11.9 Å². The van der Waals surface area contributed by atoms with Crippen molar-refractivity contribution in [3.8, 4) is 0 Å². The van der Waals surface area contributed by atoms with Crippen LogP contribution in [0.1, 0.15) is 43.7 Å². The predicted octanol–water partition coefficient (Wildman–Crippen LogP) is 1.78. The Morgan fingerprint density at radius 2 is 1.60 bits per heavy atom. The zero-order valence-corrected chi connectivity index (χ0v) is 18.1. The van der Waals surface area contributed by atoms with Gasteiger partial charge in [0.2, 0.25) is 5.91 Å². The van der Waals surface area contributed by atoms with E-state index < -0.39 is 0 Å². The molecular weight excluding hydrogens is 378 g/mol. The first kappa shape index (κ1) is 21.1. The van der Waals surface area contributed by atoms with Crippen LogP contribution in [0, 0.1) is 0 Å². The number of amides is 3. The standard InChI is InChI=1S/C23H35N5O2/c1-2-26-12-14-27(15-13-26)17-19-7-5-18(6-8-19)16-24-23(30)28-11-3-4-21(28)22(29)25-20-9-10-20/h5-8,20-21H,2-4,9-17H2,1H3,(H,24,30)(H,25,29). The number of carbonyl (C=O) groups is 2. The smallest absolute Gasteiger partial charge is 0.318 e. The number of carbonyl (C=O) groups excluding carboxylic acids is 2. The SMILES string of the molecule is CCN1CCN(Cc2ccc(CNC(=O)N3CCCC3C(=O)NC3CC3)cc2)CC1. The van der Waals surface area contributed by atoms with Gasteiger partial charge in [-0.1, -0.05) is 31.2 Å². The number of urea groups is 1. The van der Waals surface area contributed by atoms with Crippen LogP contribution in [-0.4, -0.2) is 78.0 Å². The van der Waals surface area contributed by atoms with E-state index in [2.05, 4.69) is 51.6 Å². The Balaban J connectivity index is 1.22. The van der Waals surface area contributed by atoms with Crippen molar-refractivity contribution in [3.05, 3.63) is 35.4 Å². The summed E-state index contributed by atoms with van der Waals surface area (Å²) in [6.07, 6.45) is 3.77. The number of benzene rings is 1. The number of likely N-dealkylation sites (tertiary alicyclic amines) is 1. The van der Waals surface area contributed by atoms with Crippen LogP contribution in [0.3, 0.4) is 0 Å². The quantitative estimate of drug-likeness (QED) is 0.715. The van der Waals surface area contributed by atoms with Crippen molar-refractivity contribution in [3.63, 3.8) is 0 Å². The Morgan fingerprint density at radius 1 is 0.933 bits per heavy atom. The minimum atomic E-state index is -0.318. The van der Waals surface area contributed by atoms with Gasteiger partial charge in [-0.05, 0) is 43.4 Å². The lowest BCUT2D eigenvalue weighted by atomic mass is 10.1. The van der Waals surface area contributed by atoms with Gasteiger partial charge in [-0.2, -0.15) is 0 Å². The maximum absolute atomic E-state index is 12.6. The molecule has 0 spiro atoms. The number of piperazine rings is 1. The molecule has 0 radical (unpaired) electrons. The van der Waals surface area contributed by atoms with E-state index in [1.165, 1.54) is 5.56 Å². The summed E-state index contributed by atoms with van der Waals surface area (Å²) >= 11 is 0. The lowest BCUT2D eigenvalue weighted by Crippen LogP contribution is -2.49. The molecule has 1 atom stereocenters. The number of likely N-dealkylation sites (N-methyl/N-ethyl adjacent to an activating group) is 1. The Hall–Kier alpha value is -2.12. The molecule has 1 aromatic rings. The van der Waals surface area contributed by atoms with Crippen molar-refractivity contribution in [2.24, 2.45) is 0 Å².